The van der Waals surface area contributed by atoms with Gasteiger partial charge in [0.1, 0.15) is 17.4 Å². The van der Waals surface area contributed by atoms with Gasteiger partial charge in [-0.15, -0.1) is 0 Å². The van der Waals surface area contributed by atoms with Crippen molar-refractivity contribution in [1.82, 2.24) is 0 Å². The Morgan fingerprint density at radius 3 is 2.29 bits per heavy atom. The first-order chi connectivity index (χ1) is 16.2. The average molecular weight is 496 g/mol. The number of nitrogens with one attached hydrogen (secondary N) is 1. The average Bonchev–Trinajstić information content (AvgIpc) is 2.80. The lowest BCUT2D eigenvalue weighted by molar-refractivity contribution is -0.384. The Morgan fingerprint density at radius 1 is 1.09 bits per heavy atom. The van der Waals surface area contributed by atoms with Gasteiger partial charge in [0.05, 0.1) is 26.2 Å². The molecule has 0 aliphatic heterocycles. The number of anilines is 1. The van der Waals surface area contributed by atoms with E-state index in [1.807, 2.05) is 6.92 Å². The largest absolute Gasteiger partial charge is 0.422 e. The zero-order valence-electron chi connectivity index (χ0n) is 17.5. The van der Waals surface area contributed by atoms with Gasteiger partial charge in [-0.3, -0.25) is 14.9 Å². The van der Waals surface area contributed by atoms with Crippen LogP contribution in [0.5, 0.6) is 5.75 Å². The molecule has 0 saturated carbocycles. The third-order valence-electron chi connectivity index (χ3n) is 4.55. The molecule has 0 saturated heterocycles. The van der Waals surface area contributed by atoms with Crippen molar-refractivity contribution in [3.05, 3.63) is 103 Å². The molecule has 1 amide bonds. The monoisotopic (exact) mass is 495 g/mol. The number of carbonyl (C=O) groups excluding carboxylic acids is 2. The van der Waals surface area contributed by atoms with Crippen LogP contribution in [0.1, 0.15) is 21.5 Å². The molecular weight excluding hydrogens is 481 g/mol. The summed E-state index contributed by atoms with van der Waals surface area (Å²) in [5.74, 6) is -1.33. The van der Waals surface area contributed by atoms with Crippen molar-refractivity contribution in [1.29, 1.82) is 5.26 Å². The lowest BCUT2D eigenvalue weighted by atomic mass is 10.1. The number of hydrogen-bond acceptors (Lipinski definition) is 6. The molecule has 10 heteroatoms. The maximum Gasteiger partial charge on any atom is 0.343 e. The van der Waals surface area contributed by atoms with E-state index < -0.39 is 16.8 Å². The SMILES string of the molecule is Cc1ccc(C(=O)Oc2ccccc2/C=C(\C#N)C(=O)Nc2c(Cl)cc([N+](=O)[O-])cc2Cl)cc1. The standard InChI is InChI=1S/C24H15Cl2N3O5/c1-14-6-8-15(9-7-14)24(31)34-21-5-3-2-4-16(21)10-17(13-27)23(30)28-22-19(25)11-18(29(32)33)12-20(22)26/h2-12H,1H3,(H,28,30)/b17-10+. The number of aryl methyl sites for hydroxylation is 1. The highest BCUT2D eigenvalue weighted by atomic mass is 35.5. The molecule has 34 heavy (non-hydrogen) atoms. The quantitative estimate of drug-likeness (QED) is 0.112. The molecule has 0 spiro atoms. The number of nitro groups is 1. The summed E-state index contributed by atoms with van der Waals surface area (Å²) in [5.41, 5.74) is 0.843. The van der Waals surface area contributed by atoms with Crippen LogP contribution in [0.15, 0.2) is 66.2 Å². The first-order valence-electron chi connectivity index (χ1n) is 9.64. The van der Waals surface area contributed by atoms with E-state index in [1.165, 1.54) is 12.1 Å². The first kappa shape index (κ1) is 24.5. The molecule has 0 bridgehead atoms. The fraction of sp³-hybridized carbons (Fsp3) is 0.0417. The molecule has 3 rings (SSSR count). The number of ether oxygens (including phenoxy) is 1. The van der Waals surface area contributed by atoms with Crippen LogP contribution >= 0.6 is 23.2 Å². The van der Waals surface area contributed by atoms with Crippen LogP contribution in [0.4, 0.5) is 11.4 Å². The van der Waals surface area contributed by atoms with E-state index in [0.717, 1.165) is 17.7 Å². The summed E-state index contributed by atoms with van der Waals surface area (Å²) < 4.78 is 5.46. The number of benzene rings is 3. The second kappa shape index (κ2) is 10.6. The molecule has 0 aromatic heterocycles. The summed E-state index contributed by atoms with van der Waals surface area (Å²) in [7, 11) is 0. The molecular formula is C24H15Cl2N3O5. The fourth-order valence-electron chi connectivity index (χ4n) is 2.81. The molecule has 1 N–H and O–H groups in total. The van der Waals surface area contributed by atoms with Crippen LogP contribution in [0.3, 0.4) is 0 Å². The maximum absolute atomic E-state index is 12.7. The van der Waals surface area contributed by atoms with E-state index in [0.29, 0.717) is 11.1 Å². The minimum Gasteiger partial charge on any atom is -0.422 e. The number of amides is 1. The van der Waals surface area contributed by atoms with Gasteiger partial charge in [0.25, 0.3) is 11.6 Å². The molecule has 0 heterocycles. The number of nitro benzene ring substituents is 1. The van der Waals surface area contributed by atoms with Gasteiger partial charge in [0.2, 0.25) is 0 Å². The molecule has 8 nitrogen and oxygen atoms in total. The first-order valence-corrected chi connectivity index (χ1v) is 10.4. The van der Waals surface area contributed by atoms with E-state index in [2.05, 4.69) is 5.32 Å². The van der Waals surface area contributed by atoms with E-state index >= 15 is 0 Å². The minimum atomic E-state index is -0.861. The normalized spacial score (nSPS) is 10.8. The van der Waals surface area contributed by atoms with Gasteiger partial charge in [-0.2, -0.15) is 5.26 Å². The van der Waals surface area contributed by atoms with E-state index in [1.54, 1.807) is 48.5 Å². The van der Waals surface area contributed by atoms with Gasteiger partial charge < -0.3 is 10.1 Å². The summed E-state index contributed by atoms with van der Waals surface area (Å²) in [5, 5.41) is 22.5. The predicted octanol–water partition coefficient (Wildman–Crippen LogP) is 5.97. The zero-order valence-corrected chi connectivity index (χ0v) is 19.1. The number of nitrogens with zero attached hydrogens (tertiary/aromatic N) is 2. The maximum atomic E-state index is 12.7. The highest BCUT2D eigenvalue weighted by Gasteiger charge is 2.19. The van der Waals surface area contributed by atoms with Crippen LogP contribution in [0.2, 0.25) is 10.0 Å². The molecule has 3 aromatic carbocycles. The van der Waals surface area contributed by atoms with Crippen LogP contribution in [0.25, 0.3) is 6.08 Å². The highest BCUT2D eigenvalue weighted by Crippen LogP contribution is 2.35. The molecule has 0 fully saturated rings. The number of rotatable bonds is 6. The van der Waals surface area contributed by atoms with E-state index in [-0.39, 0.29) is 32.7 Å². The topological polar surface area (TPSA) is 122 Å². The Bertz CT molecular complexity index is 1340. The molecule has 0 atom stereocenters. The fourth-order valence-corrected chi connectivity index (χ4v) is 3.38. The zero-order chi connectivity index (χ0) is 24.8. The molecule has 0 aliphatic rings. The molecule has 0 radical (unpaired) electrons. The van der Waals surface area contributed by atoms with Crippen molar-refractivity contribution in [2.24, 2.45) is 0 Å². The predicted molar refractivity (Wildman–Crippen MR) is 128 cm³/mol. The van der Waals surface area contributed by atoms with Crippen LogP contribution < -0.4 is 10.1 Å². The molecule has 0 aliphatic carbocycles. The lowest BCUT2D eigenvalue weighted by Crippen LogP contribution is -2.14. The van der Waals surface area contributed by atoms with Crippen molar-refractivity contribution in [3.8, 4) is 11.8 Å². The number of carbonyl (C=O) groups is 2. The lowest BCUT2D eigenvalue weighted by Gasteiger charge is -2.10. The summed E-state index contributed by atoms with van der Waals surface area (Å²) in [6, 6.07) is 17.0. The van der Waals surface area contributed by atoms with Crippen molar-refractivity contribution in [2.45, 2.75) is 6.92 Å². The Morgan fingerprint density at radius 2 is 1.71 bits per heavy atom. The second-order valence-electron chi connectivity index (χ2n) is 6.96. The Hall–Kier alpha value is -4.19. The number of hydrogen-bond donors (Lipinski definition) is 1. The molecule has 170 valence electrons. The van der Waals surface area contributed by atoms with Gasteiger partial charge in [0.15, 0.2) is 0 Å². The Kier molecular flexibility index (Phi) is 7.64. The number of halogens is 2. The number of nitriles is 1. The molecule has 0 unspecified atom stereocenters. The van der Waals surface area contributed by atoms with E-state index in [4.69, 9.17) is 27.9 Å². The third kappa shape index (κ3) is 5.78. The minimum absolute atomic E-state index is 0.0841. The second-order valence-corrected chi connectivity index (χ2v) is 7.77. The summed E-state index contributed by atoms with van der Waals surface area (Å²) >= 11 is 12.0. The van der Waals surface area contributed by atoms with Gasteiger partial charge in [-0.05, 0) is 31.2 Å². The van der Waals surface area contributed by atoms with Crippen LogP contribution in [0, 0.1) is 28.4 Å². The van der Waals surface area contributed by atoms with Crippen molar-refractivity contribution < 1.29 is 19.2 Å². The summed E-state index contributed by atoms with van der Waals surface area (Å²) in [6.07, 6.45) is 1.24. The van der Waals surface area contributed by atoms with Crippen LogP contribution in [-0.4, -0.2) is 16.8 Å². The number of esters is 1. The molecule has 3 aromatic rings. The van der Waals surface area contributed by atoms with Crippen LogP contribution in [-0.2, 0) is 4.79 Å². The van der Waals surface area contributed by atoms with Gasteiger partial charge in [-0.1, -0.05) is 59.1 Å². The Labute approximate surface area is 204 Å². The van der Waals surface area contributed by atoms with Crippen molar-refractivity contribution >= 4 is 52.5 Å². The van der Waals surface area contributed by atoms with E-state index in [9.17, 15) is 25.0 Å². The van der Waals surface area contributed by atoms with Gasteiger partial charge >= 0.3 is 5.97 Å². The Balaban J connectivity index is 1.87. The highest BCUT2D eigenvalue weighted by molar-refractivity contribution is 6.40. The van der Waals surface area contributed by atoms with Gasteiger partial charge in [-0.25, -0.2) is 4.79 Å². The summed E-state index contributed by atoms with van der Waals surface area (Å²) in [4.78, 5) is 35.4. The van der Waals surface area contributed by atoms with Crippen molar-refractivity contribution in [3.63, 3.8) is 0 Å². The number of para-hydroxylation sites is 1. The number of non-ortho nitro benzene ring substituents is 1. The third-order valence-corrected chi connectivity index (χ3v) is 5.15. The summed E-state index contributed by atoms with van der Waals surface area (Å²) in [6.45, 7) is 1.89. The van der Waals surface area contributed by atoms with Gasteiger partial charge in [0, 0.05) is 17.7 Å². The van der Waals surface area contributed by atoms with Crippen molar-refractivity contribution in [2.75, 3.05) is 5.32 Å². The smallest absolute Gasteiger partial charge is 0.343 e.